The Bertz CT molecular complexity index is 792. The van der Waals surface area contributed by atoms with Crippen molar-refractivity contribution in [3.8, 4) is 0 Å². The molecule has 7 nitrogen and oxygen atoms in total. The number of hydrogen-bond acceptors (Lipinski definition) is 5. The minimum absolute atomic E-state index is 0. The van der Waals surface area contributed by atoms with E-state index >= 15 is 0 Å². The Balaban J connectivity index is -0.000000347. The standard InChI is InChI=1S/C8H10N.2C6H4NO2.Bi.2ClH/c1-9(2)8-6-4-3-5-7-8;2*8-7(9)6-4-2-1-3-5-6;;;/h4-7H,1-2H3;2*1-4H;;2*1H/q;;;+2;;/p-2. The summed E-state index contributed by atoms with van der Waals surface area (Å²) in [4.78, 5) is 21.1. The first kappa shape index (κ1) is 32.4. The number of nitro groups is 2. The van der Waals surface area contributed by atoms with Crippen molar-refractivity contribution in [2.75, 3.05) is 14.1 Å². The van der Waals surface area contributed by atoms with Crippen molar-refractivity contribution in [3.05, 3.63) is 117 Å². The maximum Gasteiger partial charge on any atom is 2.00 e. The quantitative estimate of drug-likeness (QED) is 0.164. The molecule has 0 aliphatic heterocycles. The van der Waals surface area contributed by atoms with Crippen LogP contribution in [0.1, 0.15) is 0 Å². The topological polar surface area (TPSA) is 89.5 Å². The van der Waals surface area contributed by atoms with Crippen LogP contribution in [0.5, 0.6) is 0 Å². The second-order valence-electron chi connectivity index (χ2n) is 5.16. The second-order valence-corrected chi connectivity index (χ2v) is 5.16. The second kappa shape index (κ2) is 18.8. The number of non-ortho nitro benzene ring substituents is 2. The fraction of sp³-hybridized carbons (Fsp3) is 0.100. The maximum atomic E-state index is 9.98. The van der Waals surface area contributed by atoms with Gasteiger partial charge >= 0.3 is 26.2 Å². The third-order valence-electron chi connectivity index (χ3n) is 3.00. The molecular weight excluding hydrogens is 626 g/mol. The molecule has 0 saturated heterocycles. The third kappa shape index (κ3) is 13.9. The Kier molecular flexibility index (Phi) is 20.3. The molecule has 0 aromatic heterocycles. The number of para-hydroxylation sites is 2. The van der Waals surface area contributed by atoms with E-state index in [1.807, 2.05) is 38.7 Å². The van der Waals surface area contributed by atoms with Gasteiger partial charge in [0, 0.05) is 38.3 Å². The number of rotatable bonds is 3. The van der Waals surface area contributed by atoms with Crippen molar-refractivity contribution in [1.29, 1.82) is 0 Å². The van der Waals surface area contributed by atoms with Gasteiger partial charge in [-0.3, -0.25) is 20.2 Å². The van der Waals surface area contributed by atoms with E-state index in [-0.39, 0.29) is 62.4 Å². The summed E-state index contributed by atoms with van der Waals surface area (Å²) < 4.78 is 0. The van der Waals surface area contributed by atoms with Crippen LogP contribution in [0.3, 0.4) is 0 Å². The van der Waals surface area contributed by atoms with Crippen molar-refractivity contribution < 1.29 is 34.7 Å². The molecule has 1 aliphatic carbocycles. The van der Waals surface area contributed by atoms with E-state index in [0.717, 1.165) is 0 Å². The SMILES string of the molecule is CN(C)C1=CC=C=C[CH]1.O=[N+]([O-])c1[c]cccc1.O=[N+]([O-])c1[c]cccc1.[Bi+2].[Cl-].[Cl-]. The van der Waals surface area contributed by atoms with Gasteiger partial charge in [-0.2, -0.15) is 0 Å². The van der Waals surface area contributed by atoms with Crippen LogP contribution in [0, 0.1) is 38.8 Å². The van der Waals surface area contributed by atoms with Crippen LogP contribution in [-0.4, -0.2) is 55.0 Å². The van der Waals surface area contributed by atoms with Gasteiger partial charge in [0.15, 0.2) is 0 Å². The maximum absolute atomic E-state index is 9.98. The Morgan fingerprint density at radius 2 is 1.30 bits per heavy atom. The van der Waals surface area contributed by atoms with Gasteiger partial charge in [0.2, 0.25) is 0 Å². The van der Waals surface area contributed by atoms with E-state index in [1.165, 1.54) is 30.0 Å². The van der Waals surface area contributed by atoms with Gasteiger partial charge in [0.25, 0.3) is 11.4 Å². The van der Waals surface area contributed by atoms with Gasteiger partial charge < -0.3 is 29.7 Å². The van der Waals surface area contributed by atoms with Gasteiger partial charge in [-0.15, -0.1) is 5.73 Å². The van der Waals surface area contributed by atoms with Crippen molar-refractivity contribution in [3.63, 3.8) is 0 Å². The van der Waals surface area contributed by atoms with Gasteiger partial charge in [0.05, 0.1) is 22.0 Å². The molecular formula is C20H18BiCl2N3O4. The van der Waals surface area contributed by atoms with Crippen molar-refractivity contribution in [1.82, 2.24) is 4.90 Å². The summed E-state index contributed by atoms with van der Waals surface area (Å²) in [6.45, 7) is 0. The molecule has 6 radical (unpaired) electrons. The molecule has 156 valence electrons. The van der Waals surface area contributed by atoms with E-state index < -0.39 is 9.85 Å². The minimum Gasteiger partial charge on any atom is -1.00 e. The van der Waals surface area contributed by atoms with Gasteiger partial charge in [0.1, 0.15) is 0 Å². The van der Waals surface area contributed by atoms with Gasteiger partial charge in [-0.25, -0.2) is 0 Å². The monoisotopic (exact) mass is 643 g/mol. The fourth-order valence-electron chi connectivity index (χ4n) is 1.67. The average Bonchev–Trinajstić information content (AvgIpc) is 2.71. The van der Waals surface area contributed by atoms with Crippen molar-refractivity contribution in [2.45, 2.75) is 0 Å². The van der Waals surface area contributed by atoms with E-state index in [1.54, 1.807) is 24.3 Å². The van der Waals surface area contributed by atoms with Crippen molar-refractivity contribution >= 4 is 37.6 Å². The smallest absolute Gasteiger partial charge is 1.00 e. The number of benzene rings is 2. The summed E-state index contributed by atoms with van der Waals surface area (Å²) >= 11 is 0. The number of allylic oxidation sites excluding steroid dienone is 2. The minimum atomic E-state index is -0.472. The van der Waals surface area contributed by atoms with E-state index in [2.05, 4.69) is 22.8 Å². The number of hydrogen-bond donors (Lipinski definition) is 0. The van der Waals surface area contributed by atoms with Crippen LogP contribution in [0.25, 0.3) is 0 Å². The first-order valence-electron chi connectivity index (χ1n) is 7.77. The summed E-state index contributed by atoms with van der Waals surface area (Å²) in [5.74, 6) is 0. The summed E-state index contributed by atoms with van der Waals surface area (Å²) in [7, 11) is 4.05. The molecule has 0 atom stereocenters. The fourth-order valence-corrected chi connectivity index (χ4v) is 1.67. The molecule has 2 aromatic rings. The molecule has 0 spiro atoms. The van der Waals surface area contributed by atoms with Crippen LogP contribution in [0.4, 0.5) is 11.4 Å². The largest absolute Gasteiger partial charge is 2.00 e. The Hall–Kier alpha value is -2.24. The first-order chi connectivity index (χ1) is 12.9. The van der Waals surface area contributed by atoms with Crippen LogP contribution < -0.4 is 24.8 Å². The number of nitro benzene ring substituents is 2. The zero-order valence-corrected chi connectivity index (χ0v) is 21.1. The zero-order chi connectivity index (χ0) is 20.1. The molecule has 1 aliphatic rings. The predicted molar refractivity (Wildman–Crippen MR) is 108 cm³/mol. The normalized spacial score (nSPS) is 10.0. The Morgan fingerprint density at radius 1 is 0.833 bits per heavy atom. The van der Waals surface area contributed by atoms with Gasteiger partial charge in [-0.05, 0) is 30.4 Å². The van der Waals surface area contributed by atoms with Crippen LogP contribution in [0.2, 0.25) is 0 Å². The molecule has 0 saturated carbocycles. The van der Waals surface area contributed by atoms with Crippen LogP contribution >= 0.6 is 0 Å². The predicted octanol–water partition coefficient (Wildman–Crippen LogP) is -2.22. The molecule has 10 heteroatoms. The number of nitrogens with zero attached hydrogens (tertiary/aromatic N) is 3. The summed E-state index contributed by atoms with van der Waals surface area (Å²) in [6, 6.07) is 17.4. The third-order valence-corrected chi connectivity index (χ3v) is 3.00. The van der Waals surface area contributed by atoms with Crippen molar-refractivity contribution in [2.24, 2.45) is 0 Å². The molecule has 3 rings (SSSR count). The summed E-state index contributed by atoms with van der Waals surface area (Å²) in [5, 5.41) is 20.0. The van der Waals surface area contributed by atoms with Gasteiger partial charge in [-0.1, -0.05) is 24.3 Å². The van der Waals surface area contributed by atoms with Crippen LogP contribution in [-0.2, 0) is 0 Å². The molecule has 0 fully saturated rings. The Morgan fingerprint density at radius 3 is 1.50 bits per heavy atom. The molecule has 0 bridgehead atoms. The van der Waals surface area contributed by atoms with E-state index in [4.69, 9.17) is 0 Å². The molecule has 30 heavy (non-hydrogen) atoms. The zero-order valence-electron chi connectivity index (χ0n) is 16.1. The van der Waals surface area contributed by atoms with E-state index in [0.29, 0.717) is 0 Å². The summed E-state index contributed by atoms with van der Waals surface area (Å²) in [6.07, 6.45) is 7.88. The summed E-state index contributed by atoms with van der Waals surface area (Å²) in [5.41, 5.74) is 4.20. The number of halogens is 2. The first-order valence-corrected chi connectivity index (χ1v) is 7.77. The Labute approximate surface area is 207 Å². The van der Waals surface area contributed by atoms with E-state index in [9.17, 15) is 20.2 Å². The average molecular weight is 644 g/mol. The molecule has 0 heterocycles. The molecule has 2 aromatic carbocycles. The molecule has 0 N–H and O–H groups in total. The molecule has 0 amide bonds. The molecule has 0 unspecified atom stereocenters. The van der Waals surface area contributed by atoms with Crippen LogP contribution in [0.15, 0.2) is 78.2 Å².